The molecule has 0 aromatic rings. The first-order valence-corrected chi connectivity index (χ1v) is 6.35. The Labute approximate surface area is 92.1 Å². The molecule has 2 aliphatic rings. The van der Waals surface area contributed by atoms with E-state index < -0.39 is 0 Å². The van der Waals surface area contributed by atoms with Gasteiger partial charge in [0.15, 0.2) is 0 Å². The molecule has 0 heterocycles. The zero-order chi connectivity index (χ0) is 9.80. The van der Waals surface area contributed by atoms with E-state index in [0.717, 1.165) is 18.4 Å². The summed E-state index contributed by atoms with van der Waals surface area (Å²) in [6.45, 7) is 3.76. The Hall–Kier alpha value is -0.0100. The van der Waals surface area contributed by atoms with E-state index >= 15 is 0 Å². The highest BCUT2D eigenvalue weighted by Gasteiger charge is 2.28. The van der Waals surface area contributed by atoms with E-state index in [1.54, 1.807) is 0 Å². The Bertz CT molecular complexity index is 180. The zero-order valence-electron chi connectivity index (χ0n) is 8.79. The Morgan fingerprint density at radius 1 is 1.00 bits per heavy atom. The Balaban J connectivity index is 1.68. The molecule has 0 unspecified atom stereocenters. The highest BCUT2D eigenvalue weighted by molar-refractivity contribution is 6.18. The summed E-state index contributed by atoms with van der Waals surface area (Å²) >= 11 is 5.62. The van der Waals surface area contributed by atoms with Gasteiger partial charge < -0.3 is 0 Å². The fraction of sp³-hybridized carbons (Fsp3) is 0.833. The van der Waals surface area contributed by atoms with Crippen LogP contribution in [0.15, 0.2) is 12.2 Å². The van der Waals surface area contributed by atoms with E-state index in [4.69, 9.17) is 11.6 Å². The minimum Gasteiger partial charge on any atom is -0.299 e. The van der Waals surface area contributed by atoms with Gasteiger partial charge in [-0.05, 0) is 37.5 Å². The minimum absolute atomic E-state index is 0.653. The molecule has 1 nitrogen and oxygen atoms in total. The van der Waals surface area contributed by atoms with E-state index in [0.29, 0.717) is 5.88 Å². The molecule has 0 bridgehead atoms. The summed E-state index contributed by atoms with van der Waals surface area (Å²) in [4.78, 5) is 2.61. The summed E-state index contributed by atoms with van der Waals surface area (Å²) < 4.78 is 0. The van der Waals surface area contributed by atoms with Crippen molar-refractivity contribution < 1.29 is 0 Å². The average molecular weight is 214 g/mol. The topological polar surface area (TPSA) is 3.24 Å². The van der Waals surface area contributed by atoms with Crippen LogP contribution in [0.3, 0.4) is 0 Å². The molecule has 0 N–H and O–H groups in total. The van der Waals surface area contributed by atoms with Crippen molar-refractivity contribution in [1.82, 2.24) is 4.90 Å². The van der Waals surface area contributed by atoms with E-state index in [2.05, 4.69) is 17.1 Å². The second-order valence-corrected chi connectivity index (χ2v) is 5.04. The third-order valence-corrected chi connectivity index (χ3v) is 3.22. The highest BCUT2D eigenvalue weighted by atomic mass is 35.5. The molecule has 2 heteroatoms. The standard InChI is InChI=1S/C12H20ClN/c13-7-1-2-8-14(9-11-3-4-11)10-12-5-6-12/h1-2,11-12H,3-10H2. The number of rotatable bonds is 7. The van der Waals surface area contributed by atoms with Crippen molar-refractivity contribution in [3.63, 3.8) is 0 Å². The number of halogens is 1. The van der Waals surface area contributed by atoms with Gasteiger partial charge in [-0.1, -0.05) is 12.2 Å². The van der Waals surface area contributed by atoms with Crippen molar-refractivity contribution in [3.8, 4) is 0 Å². The molecule has 0 aromatic carbocycles. The van der Waals surface area contributed by atoms with Gasteiger partial charge in [-0.2, -0.15) is 0 Å². The Kier molecular flexibility index (Phi) is 3.89. The summed E-state index contributed by atoms with van der Waals surface area (Å²) in [5.41, 5.74) is 0. The molecule has 2 saturated carbocycles. The minimum atomic E-state index is 0.653. The molecule has 0 amide bonds. The van der Waals surface area contributed by atoms with Crippen LogP contribution in [-0.2, 0) is 0 Å². The van der Waals surface area contributed by atoms with Crippen molar-refractivity contribution in [1.29, 1.82) is 0 Å². The van der Waals surface area contributed by atoms with Gasteiger partial charge in [-0.15, -0.1) is 11.6 Å². The number of hydrogen-bond acceptors (Lipinski definition) is 1. The van der Waals surface area contributed by atoms with Gasteiger partial charge in [0.05, 0.1) is 0 Å². The van der Waals surface area contributed by atoms with Crippen LogP contribution in [0.2, 0.25) is 0 Å². The smallest absolute Gasteiger partial charge is 0.0404 e. The van der Waals surface area contributed by atoms with Gasteiger partial charge >= 0.3 is 0 Å². The molecule has 0 atom stereocenters. The van der Waals surface area contributed by atoms with Gasteiger partial charge in [0, 0.05) is 25.5 Å². The maximum absolute atomic E-state index is 5.62. The average Bonchev–Trinajstić information content (AvgIpc) is 2.99. The van der Waals surface area contributed by atoms with E-state index in [-0.39, 0.29) is 0 Å². The van der Waals surface area contributed by atoms with Crippen LogP contribution in [0, 0.1) is 11.8 Å². The summed E-state index contributed by atoms with van der Waals surface area (Å²) in [6.07, 6.45) is 10.1. The largest absolute Gasteiger partial charge is 0.299 e. The fourth-order valence-corrected chi connectivity index (χ4v) is 1.97. The molecule has 0 saturated heterocycles. The molecule has 14 heavy (non-hydrogen) atoms. The number of allylic oxidation sites excluding steroid dienone is 1. The van der Waals surface area contributed by atoms with Gasteiger partial charge in [-0.25, -0.2) is 0 Å². The molecule has 0 spiro atoms. The quantitative estimate of drug-likeness (QED) is 0.465. The molecule has 2 fully saturated rings. The predicted molar refractivity (Wildman–Crippen MR) is 61.7 cm³/mol. The van der Waals surface area contributed by atoms with Crippen LogP contribution in [0.1, 0.15) is 25.7 Å². The number of nitrogens with zero attached hydrogens (tertiary/aromatic N) is 1. The van der Waals surface area contributed by atoms with Gasteiger partial charge in [0.1, 0.15) is 0 Å². The van der Waals surface area contributed by atoms with Gasteiger partial charge in [-0.3, -0.25) is 4.90 Å². The predicted octanol–water partition coefficient (Wildman–Crippen LogP) is 2.90. The molecule has 2 aliphatic carbocycles. The van der Waals surface area contributed by atoms with Crippen molar-refractivity contribution in [2.24, 2.45) is 11.8 Å². The number of alkyl halides is 1. The van der Waals surface area contributed by atoms with Crippen LogP contribution in [0.25, 0.3) is 0 Å². The maximum Gasteiger partial charge on any atom is 0.0404 e. The summed E-state index contributed by atoms with van der Waals surface area (Å²) in [6, 6.07) is 0. The van der Waals surface area contributed by atoms with Gasteiger partial charge in [0.25, 0.3) is 0 Å². The second-order valence-electron chi connectivity index (χ2n) is 4.73. The van der Waals surface area contributed by atoms with Crippen LogP contribution in [0.5, 0.6) is 0 Å². The summed E-state index contributed by atoms with van der Waals surface area (Å²) in [5.74, 6) is 2.68. The SMILES string of the molecule is ClCC=CCN(CC1CC1)CC1CC1. The molecular formula is C12H20ClN. The lowest BCUT2D eigenvalue weighted by Crippen LogP contribution is -2.28. The second kappa shape index (κ2) is 5.18. The van der Waals surface area contributed by atoms with Crippen LogP contribution in [-0.4, -0.2) is 30.4 Å². The monoisotopic (exact) mass is 213 g/mol. The lowest BCUT2D eigenvalue weighted by molar-refractivity contribution is 0.278. The Morgan fingerprint density at radius 3 is 2.00 bits per heavy atom. The van der Waals surface area contributed by atoms with Crippen molar-refractivity contribution in [2.75, 3.05) is 25.5 Å². The molecule has 80 valence electrons. The molecule has 0 aromatic heterocycles. The lowest BCUT2D eigenvalue weighted by Gasteiger charge is -2.20. The van der Waals surface area contributed by atoms with Crippen molar-refractivity contribution in [3.05, 3.63) is 12.2 Å². The number of hydrogen-bond donors (Lipinski definition) is 0. The van der Waals surface area contributed by atoms with Crippen molar-refractivity contribution in [2.45, 2.75) is 25.7 Å². The normalized spacial score (nSPS) is 22.4. The van der Waals surface area contributed by atoms with Crippen LogP contribution in [0.4, 0.5) is 0 Å². The third-order valence-electron chi connectivity index (χ3n) is 3.05. The highest BCUT2D eigenvalue weighted by Crippen LogP contribution is 2.33. The van der Waals surface area contributed by atoms with Crippen LogP contribution >= 0.6 is 11.6 Å². The molecular weight excluding hydrogens is 194 g/mol. The first-order valence-electron chi connectivity index (χ1n) is 5.82. The van der Waals surface area contributed by atoms with E-state index in [1.807, 2.05) is 0 Å². The molecule has 0 aliphatic heterocycles. The first-order chi connectivity index (χ1) is 6.88. The molecule has 0 radical (unpaired) electrons. The first kappa shape index (κ1) is 10.5. The third kappa shape index (κ3) is 4.02. The fourth-order valence-electron chi connectivity index (χ4n) is 1.84. The van der Waals surface area contributed by atoms with E-state index in [1.165, 1.54) is 38.8 Å². The maximum atomic E-state index is 5.62. The van der Waals surface area contributed by atoms with Crippen molar-refractivity contribution >= 4 is 11.6 Å². The van der Waals surface area contributed by atoms with Crippen LogP contribution < -0.4 is 0 Å². The zero-order valence-corrected chi connectivity index (χ0v) is 9.55. The van der Waals surface area contributed by atoms with Gasteiger partial charge in [0.2, 0.25) is 0 Å². The Morgan fingerprint density at radius 2 is 1.57 bits per heavy atom. The summed E-state index contributed by atoms with van der Waals surface area (Å²) in [7, 11) is 0. The summed E-state index contributed by atoms with van der Waals surface area (Å²) in [5, 5.41) is 0. The molecule has 2 rings (SSSR count). The van der Waals surface area contributed by atoms with E-state index in [9.17, 15) is 0 Å². The lowest BCUT2D eigenvalue weighted by atomic mass is 10.3.